The fourth-order valence-electron chi connectivity index (χ4n) is 2.23. The number of carbonyl (C=O) groups excluding carboxylic acids is 1. The Morgan fingerprint density at radius 1 is 0.706 bits per heavy atom. The molecule has 2 N–H and O–H groups in total. The molecule has 0 heterocycles. The normalized spacial score (nSPS) is 10.7. The van der Waals surface area contributed by atoms with Gasteiger partial charge in [0.05, 0.1) is 85.9 Å². The summed E-state index contributed by atoms with van der Waals surface area (Å²) in [7, 11) is 0. The highest BCUT2D eigenvalue weighted by molar-refractivity contribution is 5.66. The van der Waals surface area contributed by atoms with Crippen molar-refractivity contribution < 1.29 is 38.0 Å². The number of unbranched alkanes of at least 4 members (excludes halogenated alkanes) is 1. The quantitative estimate of drug-likeness (QED) is 0.0750. The Hall–Kier alpha value is -1.70. The second-order valence-electron chi connectivity index (χ2n) is 6.79. The van der Waals surface area contributed by atoms with Crippen LogP contribution in [-0.4, -0.2) is 118 Å². The van der Waals surface area contributed by atoms with Crippen LogP contribution in [0.3, 0.4) is 0 Å². The molecule has 0 rings (SSSR count). The number of rotatable bonds is 27. The maximum absolute atomic E-state index is 11.3. The van der Waals surface area contributed by atoms with Gasteiger partial charge in [0.15, 0.2) is 0 Å². The zero-order valence-electron chi connectivity index (χ0n) is 20.5. The molecule has 0 saturated carbocycles. The summed E-state index contributed by atoms with van der Waals surface area (Å²) in [6, 6.07) is 0. The van der Waals surface area contributed by atoms with E-state index in [4.69, 9.17) is 38.7 Å². The molecule has 0 aliphatic carbocycles. The number of ether oxygens (including phenoxy) is 7. The molecule has 200 valence electrons. The van der Waals surface area contributed by atoms with Crippen molar-refractivity contribution in [3.63, 3.8) is 0 Å². The number of nitrogens with one attached hydrogen (secondary N) is 2. The van der Waals surface area contributed by atoms with Gasteiger partial charge in [0.25, 0.3) is 0 Å². The van der Waals surface area contributed by atoms with Gasteiger partial charge in [-0.2, -0.15) is 0 Å². The Kier molecular flexibility index (Phi) is 27.9. The Labute approximate surface area is 202 Å². The lowest BCUT2D eigenvalue weighted by Crippen LogP contribution is -2.28. The van der Waals surface area contributed by atoms with Crippen molar-refractivity contribution in [1.82, 2.24) is 10.6 Å². The van der Waals surface area contributed by atoms with Crippen molar-refractivity contribution in [2.75, 3.05) is 112 Å². The van der Waals surface area contributed by atoms with E-state index in [-0.39, 0.29) is 0 Å². The summed E-state index contributed by atoms with van der Waals surface area (Å²) >= 11 is 0. The van der Waals surface area contributed by atoms with Crippen LogP contribution in [0, 0.1) is 0 Å². The Morgan fingerprint density at radius 3 is 1.68 bits per heavy atom. The van der Waals surface area contributed by atoms with Crippen LogP contribution in [0.5, 0.6) is 0 Å². The van der Waals surface area contributed by atoms with Crippen LogP contribution in [0.4, 0.5) is 4.79 Å². The lowest BCUT2D eigenvalue weighted by molar-refractivity contribution is 0.0131. The molecule has 0 radical (unpaired) electrons. The van der Waals surface area contributed by atoms with Crippen molar-refractivity contribution in [1.29, 1.82) is 0 Å². The van der Waals surface area contributed by atoms with Crippen LogP contribution in [0.2, 0.25) is 0 Å². The first-order chi connectivity index (χ1) is 16.8. The molecule has 0 spiro atoms. The summed E-state index contributed by atoms with van der Waals surface area (Å²) in [4.78, 5) is 13.9. The first kappa shape index (κ1) is 32.3. The first-order valence-corrected chi connectivity index (χ1v) is 11.9. The van der Waals surface area contributed by atoms with Gasteiger partial charge in [-0.15, -0.1) is 0 Å². The average Bonchev–Trinajstić information content (AvgIpc) is 2.84. The second kappa shape index (κ2) is 29.3. The molecule has 0 aliphatic heterocycles. The molecule has 0 saturated heterocycles. The summed E-state index contributed by atoms with van der Waals surface area (Å²) in [5.41, 5.74) is 8.11. The number of carbonyl (C=O) groups is 1. The Bertz CT molecular complexity index is 484. The molecule has 0 aliphatic rings. The molecule has 13 nitrogen and oxygen atoms in total. The minimum absolute atomic E-state index is 0.334. The van der Waals surface area contributed by atoms with Crippen LogP contribution < -0.4 is 10.6 Å². The maximum Gasteiger partial charge on any atom is 0.407 e. The third kappa shape index (κ3) is 28.3. The van der Waals surface area contributed by atoms with Gasteiger partial charge < -0.3 is 43.8 Å². The number of azide groups is 1. The van der Waals surface area contributed by atoms with Crippen LogP contribution in [-0.2, 0) is 33.2 Å². The van der Waals surface area contributed by atoms with E-state index in [1.54, 1.807) is 0 Å². The summed E-state index contributed by atoms with van der Waals surface area (Å²) in [6.07, 6.45) is 1.46. The van der Waals surface area contributed by atoms with Gasteiger partial charge in [0, 0.05) is 31.1 Å². The molecular weight excluding hydrogens is 450 g/mol. The highest BCUT2D eigenvalue weighted by atomic mass is 16.6. The lowest BCUT2D eigenvalue weighted by Gasteiger charge is -2.09. The van der Waals surface area contributed by atoms with Gasteiger partial charge in [-0.05, 0) is 12.0 Å². The predicted molar refractivity (Wildman–Crippen MR) is 126 cm³/mol. The SMILES string of the molecule is CCCCOC(=O)NCCOCCOCCOCCNCCOCCOCCOCCN=[N+]=[N-]. The topological polar surface area (TPSA) is 155 Å². The number of hydrogen-bond acceptors (Lipinski definition) is 10. The van der Waals surface area contributed by atoms with E-state index in [9.17, 15) is 4.79 Å². The third-order valence-corrected chi connectivity index (χ3v) is 3.98. The van der Waals surface area contributed by atoms with Crippen LogP contribution in [0.25, 0.3) is 10.4 Å². The maximum atomic E-state index is 11.3. The van der Waals surface area contributed by atoms with Gasteiger partial charge in [-0.25, -0.2) is 4.79 Å². The molecule has 34 heavy (non-hydrogen) atoms. The molecule has 0 unspecified atom stereocenters. The fourth-order valence-corrected chi connectivity index (χ4v) is 2.23. The van der Waals surface area contributed by atoms with Crippen LogP contribution in [0.1, 0.15) is 19.8 Å². The van der Waals surface area contributed by atoms with Crippen molar-refractivity contribution in [2.45, 2.75) is 19.8 Å². The standard InChI is InChI=1S/C21H43N5O8/c1-2-3-8-34-21(27)24-6-11-30-15-19-32-17-13-28-9-4-23-5-10-29-14-18-33-20-16-31-12-7-25-26-22/h23H,2-20H2,1H3,(H,24,27). The summed E-state index contributed by atoms with van der Waals surface area (Å²) < 4.78 is 37.2. The van der Waals surface area contributed by atoms with E-state index in [0.29, 0.717) is 99.0 Å². The van der Waals surface area contributed by atoms with Gasteiger partial charge >= 0.3 is 6.09 Å². The molecule has 1 amide bonds. The number of amides is 1. The number of alkyl carbamates (subject to hydrolysis) is 1. The van der Waals surface area contributed by atoms with Crippen LogP contribution in [0.15, 0.2) is 5.11 Å². The molecule has 0 aromatic heterocycles. The average molecular weight is 494 g/mol. The van der Waals surface area contributed by atoms with E-state index >= 15 is 0 Å². The van der Waals surface area contributed by atoms with Crippen molar-refractivity contribution >= 4 is 6.09 Å². The van der Waals surface area contributed by atoms with Crippen molar-refractivity contribution in [3.8, 4) is 0 Å². The largest absolute Gasteiger partial charge is 0.450 e. The summed E-state index contributed by atoms with van der Waals surface area (Å²) in [6.45, 7) is 10.7. The van der Waals surface area contributed by atoms with E-state index in [0.717, 1.165) is 25.9 Å². The summed E-state index contributed by atoms with van der Waals surface area (Å²) in [5, 5.41) is 9.22. The second-order valence-corrected chi connectivity index (χ2v) is 6.79. The van der Waals surface area contributed by atoms with E-state index < -0.39 is 6.09 Å². The predicted octanol–water partition coefficient (Wildman–Crippen LogP) is 1.51. The van der Waals surface area contributed by atoms with E-state index in [2.05, 4.69) is 20.7 Å². The smallest absolute Gasteiger partial charge is 0.407 e. The number of nitrogens with zero attached hydrogens (tertiary/aromatic N) is 3. The molecule has 13 heteroatoms. The monoisotopic (exact) mass is 493 g/mol. The minimum Gasteiger partial charge on any atom is -0.450 e. The third-order valence-electron chi connectivity index (χ3n) is 3.98. The van der Waals surface area contributed by atoms with Crippen molar-refractivity contribution in [3.05, 3.63) is 10.4 Å². The molecule has 0 aromatic carbocycles. The van der Waals surface area contributed by atoms with E-state index in [1.165, 1.54) is 0 Å². The zero-order valence-corrected chi connectivity index (χ0v) is 20.5. The molecule has 0 fully saturated rings. The highest BCUT2D eigenvalue weighted by Crippen LogP contribution is 1.88. The minimum atomic E-state index is -0.406. The summed E-state index contributed by atoms with van der Waals surface area (Å²) in [5.74, 6) is 0. The van der Waals surface area contributed by atoms with E-state index in [1.807, 2.05) is 6.92 Å². The molecular formula is C21H43N5O8. The van der Waals surface area contributed by atoms with Crippen molar-refractivity contribution in [2.24, 2.45) is 5.11 Å². The highest BCUT2D eigenvalue weighted by Gasteiger charge is 2.00. The molecule has 0 bridgehead atoms. The molecule has 0 atom stereocenters. The fraction of sp³-hybridized carbons (Fsp3) is 0.952. The first-order valence-electron chi connectivity index (χ1n) is 11.9. The molecule has 0 aromatic rings. The number of hydrogen-bond donors (Lipinski definition) is 2. The van der Waals surface area contributed by atoms with Crippen LogP contribution >= 0.6 is 0 Å². The van der Waals surface area contributed by atoms with Gasteiger partial charge in [-0.1, -0.05) is 18.5 Å². The van der Waals surface area contributed by atoms with Gasteiger partial charge in [0.1, 0.15) is 0 Å². The van der Waals surface area contributed by atoms with Gasteiger partial charge in [0.2, 0.25) is 0 Å². The van der Waals surface area contributed by atoms with Gasteiger partial charge in [-0.3, -0.25) is 0 Å². The Morgan fingerprint density at radius 2 is 1.18 bits per heavy atom. The lowest BCUT2D eigenvalue weighted by atomic mass is 10.4. The zero-order chi connectivity index (χ0) is 24.8. The Balaban J connectivity index is 3.07.